The van der Waals surface area contributed by atoms with Gasteiger partial charge in [-0.05, 0) is 53.7 Å². The van der Waals surface area contributed by atoms with Gasteiger partial charge in [-0.2, -0.15) is 4.31 Å². The topological polar surface area (TPSA) is 72.6 Å². The minimum Gasteiger partial charge on any atom is -0.495 e. The normalized spacial score (nSPS) is 24.0. The van der Waals surface area contributed by atoms with Crippen molar-refractivity contribution in [3.05, 3.63) is 16.6 Å². The monoisotopic (exact) mass is 376 g/mol. The molecule has 1 aromatic rings. The number of ether oxygens (including phenoxy) is 1. The SMILES string of the molecule is COc1cc(Br)c(N)cc1S(=O)(=O)N1CCCC(C)C1C. The summed E-state index contributed by atoms with van der Waals surface area (Å²) >= 11 is 3.29. The van der Waals surface area contributed by atoms with Gasteiger partial charge in [0.15, 0.2) is 0 Å². The molecule has 0 aromatic heterocycles. The second-order valence-electron chi connectivity index (χ2n) is 5.50. The van der Waals surface area contributed by atoms with Gasteiger partial charge in [0, 0.05) is 22.7 Å². The molecule has 0 spiro atoms. The lowest BCUT2D eigenvalue weighted by Crippen LogP contribution is -2.45. The van der Waals surface area contributed by atoms with Crippen molar-refractivity contribution in [2.45, 2.75) is 37.6 Å². The van der Waals surface area contributed by atoms with Crippen LogP contribution in [0.5, 0.6) is 5.75 Å². The van der Waals surface area contributed by atoms with E-state index in [0.717, 1.165) is 12.8 Å². The highest BCUT2D eigenvalue weighted by Gasteiger charge is 2.36. The van der Waals surface area contributed by atoms with Gasteiger partial charge in [-0.15, -0.1) is 0 Å². The zero-order valence-electron chi connectivity index (χ0n) is 12.5. The fourth-order valence-corrected chi connectivity index (χ4v) is 4.94. The van der Waals surface area contributed by atoms with Crippen LogP contribution in [-0.4, -0.2) is 32.4 Å². The van der Waals surface area contributed by atoms with Gasteiger partial charge in [0.25, 0.3) is 0 Å². The van der Waals surface area contributed by atoms with E-state index in [0.29, 0.717) is 28.4 Å². The number of anilines is 1. The zero-order chi connectivity index (χ0) is 15.8. The summed E-state index contributed by atoms with van der Waals surface area (Å²) in [5.74, 6) is 0.647. The minimum atomic E-state index is -3.62. The van der Waals surface area contributed by atoms with Gasteiger partial charge < -0.3 is 10.5 Å². The van der Waals surface area contributed by atoms with Crippen molar-refractivity contribution in [1.82, 2.24) is 4.31 Å². The summed E-state index contributed by atoms with van der Waals surface area (Å²) in [6.07, 6.45) is 1.92. The van der Waals surface area contributed by atoms with Crippen molar-refractivity contribution in [3.8, 4) is 5.75 Å². The molecule has 118 valence electrons. The summed E-state index contributed by atoms with van der Waals surface area (Å²) in [7, 11) is -2.16. The molecular weight excluding hydrogens is 356 g/mol. The number of sulfonamides is 1. The first kappa shape index (κ1) is 16.6. The van der Waals surface area contributed by atoms with Crippen LogP contribution >= 0.6 is 15.9 Å². The Balaban J connectivity index is 2.51. The Morgan fingerprint density at radius 3 is 2.67 bits per heavy atom. The van der Waals surface area contributed by atoms with Crippen molar-refractivity contribution in [3.63, 3.8) is 0 Å². The average Bonchev–Trinajstić information content (AvgIpc) is 2.44. The first-order valence-electron chi connectivity index (χ1n) is 6.94. The maximum atomic E-state index is 13.0. The molecule has 1 aliphatic rings. The van der Waals surface area contributed by atoms with Gasteiger partial charge >= 0.3 is 0 Å². The molecule has 21 heavy (non-hydrogen) atoms. The largest absolute Gasteiger partial charge is 0.495 e. The molecule has 2 rings (SSSR count). The number of methoxy groups -OCH3 is 1. The van der Waals surface area contributed by atoms with E-state index < -0.39 is 10.0 Å². The smallest absolute Gasteiger partial charge is 0.247 e. The van der Waals surface area contributed by atoms with E-state index in [-0.39, 0.29) is 10.9 Å². The van der Waals surface area contributed by atoms with Crippen LogP contribution in [0.2, 0.25) is 0 Å². The van der Waals surface area contributed by atoms with Gasteiger partial charge in [-0.25, -0.2) is 8.42 Å². The van der Waals surface area contributed by atoms with Crippen molar-refractivity contribution < 1.29 is 13.2 Å². The molecule has 2 N–H and O–H groups in total. The van der Waals surface area contributed by atoms with E-state index in [1.54, 1.807) is 10.4 Å². The van der Waals surface area contributed by atoms with E-state index in [1.807, 2.05) is 6.92 Å². The Morgan fingerprint density at radius 2 is 2.05 bits per heavy atom. The van der Waals surface area contributed by atoms with Crippen LogP contribution in [-0.2, 0) is 10.0 Å². The summed E-state index contributed by atoms with van der Waals surface area (Å²) in [6.45, 7) is 4.57. The molecule has 0 radical (unpaired) electrons. The molecule has 0 saturated carbocycles. The number of benzene rings is 1. The van der Waals surface area contributed by atoms with Crippen LogP contribution in [0.25, 0.3) is 0 Å². The number of nitrogen functional groups attached to an aromatic ring is 1. The Morgan fingerprint density at radius 1 is 1.38 bits per heavy atom. The van der Waals surface area contributed by atoms with Crippen LogP contribution in [0.15, 0.2) is 21.5 Å². The number of rotatable bonds is 3. The molecular formula is C14H21BrN2O3S. The third kappa shape index (κ3) is 3.05. The van der Waals surface area contributed by atoms with E-state index in [1.165, 1.54) is 13.2 Å². The van der Waals surface area contributed by atoms with E-state index in [9.17, 15) is 8.42 Å². The number of nitrogens with two attached hydrogens (primary N) is 1. The Bertz CT molecular complexity index is 633. The van der Waals surface area contributed by atoms with Crippen molar-refractivity contribution in [1.29, 1.82) is 0 Å². The average molecular weight is 377 g/mol. The first-order chi connectivity index (χ1) is 9.78. The molecule has 1 heterocycles. The Hall–Kier alpha value is -0.790. The van der Waals surface area contributed by atoms with Crippen molar-refractivity contribution in [2.75, 3.05) is 19.4 Å². The van der Waals surface area contributed by atoms with Gasteiger partial charge in [0.2, 0.25) is 10.0 Å². The molecule has 0 aliphatic carbocycles. The molecule has 0 amide bonds. The molecule has 1 saturated heterocycles. The van der Waals surface area contributed by atoms with Crippen LogP contribution in [0.3, 0.4) is 0 Å². The lowest BCUT2D eigenvalue weighted by atomic mass is 9.94. The van der Waals surface area contributed by atoms with Crippen LogP contribution in [0, 0.1) is 5.92 Å². The number of halogens is 1. The molecule has 1 aliphatic heterocycles. The molecule has 2 unspecified atom stereocenters. The summed E-state index contributed by atoms with van der Waals surface area (Å²) in [5.41, 5.74) is 6.23. The summed E-state index contributed by atoms with van der Waals surface area (Å²) in [6, 6.07) is 3.03. The quantitative estimate of drug-likeness (QED) is 0.823. The standard InChI is InChI=1S/C14H21BrN2O3S/c1-9-5-4-6-17(10(9)2)21(18,19)14-8-12(16)11(15)7-13(14)20-3/h7-10H,4-6,16H2,1-3H3. The van der Waals surface area contributed by atoms with Gasteiger partial charge in [0.1, 0.15) is 10.6 Å². The van der Waals surface area contributed by atoms with E-state index >= 15 is 0 Å². The number of nitrogens with zero attached hydrogens (tertiary/aromatic N) is 1. The molecule has 2 atom stereocenters. The Kier molecular flexibility index (Phi) is 4.85. The van der Waals surface area contributed by atoms with Crippen LogP contribution in [0.4, 0.5) is 5.69 Å². The van der Waals surface area contributed by atoms with Crippen LogP contribution < -0.4 is 10.5 Å². The lowest BCUT2D eigenvalue weighted by molar-refractivity contribution is 0.202. The lowest BCUT2D eigenvalue weighted by Gasteiger charge is -2.37. The van der Waals surface area contributed by atoms with E-state index in [4.69, 9.17) is 10.5 Å². The van der Waals surface area contributed by atoms with E-state index in [2.05, 4.69) is 22.9 Å². The maximum absolute atomic E-state index is 13.0. The molecule has 5 nitrogen and oxygen atoms in total. The predicted molar refractivity (Wildman–Crippen MR) is 86.9 cm³/mol. The maximum Gasteiger partial charge on any atom is 0.247 e. The molecule has 1 aromatic carbocycles. The summed E-state index contributed by atoms with van der Waals surface area (Å²) in [4.78, 5) is 0.131. The fourth-order valence-electron chi connectivity index (χ4n) is 2.68. The van der Waals surface area contributed by atoms with Gasteiger partial charge in [-0.3, -0.25) is 0 Å². The minimum absolute atomic E-state index is 0.0293. The highest BCUT2D eigenvalue weighted by Crippen LogP contribution is 2.36. The van der Waals surface area contributed by atoms with Crippen molar-refractivity contribution >= 4 is 31.6 Å². The van der Waals surface area contributed by atoms with Gasteiger partial charge in [0.05, 0.1) is 7.11 Å². The number of piperidine rings is 1. The molecule has 1 fully saturated rings. The first-order valence-corrected chi connectivity index (χ1v) is 9.17. The molecule has 7 heteroatoms. The number of hydrogen-bond donors (Lipinski definition) is 1. The second-order valence-corrected chi connectivity index (χ2v) is 8.21. The molecule has 0 bridgehead atoms. The summed E-state index contributed by atoms with van der Waals surface area (Å²) < 4.78 is 33.3. The highest BCUT2D eigenvalue weighted by atomic mass is 79.9. The second kappa shape index (κ2) is 6.14. The van der Waals surface area contributed by atoms with Crippen molar-refractivity contribution in [2.24, 2.45) is 5.92 Å². The number of hydrogen-bond acceptors (Lipinski definition) is 4. The highest BCUT2D eigenvalue weighted by molar-refractivity contribution is 9.10. The predicted octanol–water partition coefficient (Wildman–Crippen LogP) is 2.85. The Labute approximate surface area is 134 Å². The van der Waals surface area contributed by atoms with Gasteiger partial charge in [-0.1, -0.05) is 6.92 Å². The van der Waals surface area contributed by atoms with Crippen LogP contribution in [0.1, 0.15) is 26.7 Å². The third-order valence-electron chi connectivity index (χ3n) is 4.19. The fraction of sp³-hybridized carbons (Fsp3) is 0.571. The third-order valence-corrected chi connectivity index (χ3v) is 6.88. The summed E-state index contributed by atoms with van der Waals surface area (Å²) in [5, 5.41) is 0. The zero-order valence-corrected chi connectivity index (χ0v) is 14.9.